The zero-order chi connectivity index (χ0) is 15.1. The molecule has 20 heavy (non-hydrogen) atoms. The summed E-state index contributed by atoms with van der Waals surface area (Å²) in [4.78, 5) is 13.9. The molecule has 110 valence electrons. The molecule has 1 aromatic carbocycles. The van der Waals surface area contributed by atoms with Gasteiger partial charge in [0.1, 0.15) is 5.84 Å². The van der Waals surface area contributed by atoms with Crippen LogP contribution in [0, 0.1) is 5.92 Å². The first-order valence-electron chi connectivity index (χ1n) is 6.48. The quantitative estimate of drug-likeness (QED) is 0.365. The molecule has 0 bridgehead atoms. The molecule has 0 aromatic heterocycles. The van der Waals surface area contributed by atoms with Gasteiger partial charge in [-0.3, -0.25) is 4.79 Å². The molecule has 0 fully saturated rings. The fraction of sp³-hybridized carbons (Fsp3) is 0.429. The number of benzene rings is 1. The number of halogens is 1. The minimum atomic E-state index is -0.199. The molecule has 1 atom stereocenters. The van der Waals surface area contributed by atoms with Crippen LogP contribution in [0.3, 0.4) is 0 Å². The van der Waals surface area contributed by atoms with E-state index in [2.05, 4.69) is 5.16 Å². The smallest absolute Gasteiger partial charge is 0.227 e. The molecule has 0 saturated heterocycles. The fourth-order valence-corrected chi connectivity index (χ4v) is 2.05. The third-order valence-electron chi connectivity index (χ3n) is 3.15. The Labute approximate surface area is 124 Å². The van der Waals surface area contributed by atoms with Gasteiger partial charge in [-0.2, -0.15) is 0 Å². The predicted octanol–water partition coefficient (Wildman–Crippen LogP) is 2.11. The van der Waals surface area contributed by atoms with E-state index in [4.69, 9.17) is 22.5 Å². The van der Waals surface area contributed by atoms with Crippen LogP contribution >= 0.6 is 11.6 Å². The van der Waals surface area contributed by atoms with Gasteiger partial charge in [0.25, 0.3) is 0 Å². The van der Waals surface area contributed by atoms with Crippen molar-refractivity contribution in [1.82, 2.24) is 4.90 Å². The highest BCUT2D eigenvalue weighted by atomic mass is 35.5. The zero-order valence-corrected chi connectivity index (χ0v) is 12.5. The molecule has 1 unspecified atom stereocenters. The van der Waals surface area contributed by atoms with Crippen LogP contribution in [0.25, 0.3) is 0 Å². The maximum absolute atomic E-state index is 12.3. The summed E-state index contributed by atoms with van der Waals surface area (Å²) in [6, 6.07) is 7.28. The van der Waals surface area contributed by atoms with Crippen LogP contribution in [0.1, 0.15) is 19.4 Å². The number of likely N-dealkylation sites (N-methyl/N-ethyl adjacent to an activating group) is 1. The summed E-state index contributed by atoms with van der Waals surface area (Å²) in [5, 5.41) is 12.2. The third kappa shape index (κ3) is 4.42. The van der Waals surface area contributed by atoms with Gasteiger partial charge >= 0.3 is 0 Å². The number of hydrogen-bond acceptors (Lipinski definition) is 3. The monoisotopic (exact) mass is 297 g/mol. The first kappa shape index (κ1) is 16.3. The summed E-state index contributed by atoms with van der Waals surface area (Å²) >= 11 is 6.05. The van der Waals surface area contributed by atoms with E-state index in [1.54, 1.807) is 17.9 Å². The normalized spacial score (nSPS) is 13.1. The standard InChI is InChI=1S/C14H20ClN3O2/c1-3-18(9-10(2)14(16)17-20)13(19)8-11-6-4-5-7-12(11)15/h4-7,10,20H,3,8-9H2,1-2H3,(H2,16,17). The van der Waals surface area contributed by atoms with Crippen molar-refractivity contribution in [3.63, 3.8) is 0 Å². The largest absolute Gasteiger partial charge is 0.409 e. The van der Waals surface area contributed by atoms with E-state index < -0.39 is 0 Å². The van der Waals surface area contributed by atoms with Crippen molar-refractivity contribution in [1.29, 1.82) is 0 Å². The van der Waals surface area contributed by atoms with Gasteiger partial charge in [-0.1, -0.05) is 41.9 Å². The van der Waals surface area contributed by atoms with Crippen molar-refractivity contribution in [2.24, 2.45) is 16.8 Å². The lowest BCUT2D eigenvalue weighted by molar-refractivity contribution is -0.130. The Kier molecular flexibility index (Phi) is 6.31. The summed E-state index contributed by atoms with van der Waals surface area (Å²) in [6.07, 6.45) is 0.246. The lowest BCUT2D eigenvalue weighted by Crippen LogP contribution is -2.39. The van der Waals surface area contributed by atoms with Gasteiger partial charge in [0.05, 0.1) is 6.42 Å². The minimum absolute atomic E-state index is 0.0295. The van der Waals surface area contributed by atoms with Gasteiger partial charge in [0, 0.05) is 24.0 Å². The van der Waals surface area contributed by atoms with Crippen LogP contribution in [0.4, 0.5) is 0 Å². The van der Waals surface area contributed by atoms with Crippen LogP contribution < -0.4 is 5.73 Å². The molecule has 6 heteroatoms. The molecule has 1 rings (SSSR count). The van der Waals surface area contributed by atoms with Gasteiger partial charge < -0.3 is 15.8 Å². The highest BCUT2D eigenvalue weighted by molar-refractivity contribution is 6.31. The molecular formula is C14H20ClN3O2. The summed E-state index contributed by atoms with van der Waals surface area (Å²) in [6.45, 7) is 4.67. The fourth-order valence-electron chi connectivity index (χ4n) is 1.85. The Morgan fingerprint density at radius 1 is 1.50 bits per heavy atom. The molecule has 3 N–H and O–H groups in total. The molecule has 0 aliphatic rings. The van der Waals surface area contributed by atoms with Crippen molar-refractivity contribution >= 4 is 23.3 Å². The van der Waals surface area contributed by atoms with Crippen molar-refractivity contribution in [3.05, 3.63) is 34.9 Å². The second kappa shape index (κ2) is 7.75. The van der Waals surface area contributed by atoms with Crippen LogP contribution in [-0.4, -0.2) is 34.9 Å². The Morgan fingerprint density at radius 3 is 2.70 bits per heavy atom. The lowest BCUT2D eigenvalue weighted by Gasteiger charge is -2.24. The maximum Gasteiger partial charge on any atom is 0.227 e. The van der Waals surface area contributed by atoms with Gasteiger partial charge in [0.15, 0.2) is 0 Å². The van der Waals surface area contributed by atoms with E-state index in [1.807, 2.05) is 25.1 Å². The van der Waals surface area contributed by atoms with E-state index in [9.17, 15) is 4.79 Å². The number of amides is 1. The van der Waals surface area contributed by atoms with Crippen LogP contribution in [-0.2, 0) is 11.2 Å². The van der Waals surface area contributed by atoms with Gasteiger partial charge in [-0.25, -0.2) is 0 Å². The van der Waals surface area contributed by atoms with E-state index in [1.165, 1.54) is 0 Å². The first-order chi connectivity index (χ1) is 9.49. The second-order valence-electron chi connectivity index (χ2n) is 4.63. The summed E-state index contributed by atoms with van der Waals surface area (Å²) in [7, 11) is 0. The van der Waals surface area contributed by atoms with Gasteiger partial charge in [-0.05, 0) is 18.6 Å². The molecule has 0 aliphatic carbocycles. The molecule has 1 aromatic rings. The molecule has 1 amide bonds. The number of nitrogens with two attached hydrogens (primary N) is 1. The van der Waals surface area contributed by atoms with Crippen molar-refractivity contribution in [3.8, 4) is 0 Å². The van der Waals surface area contributed by atoms with E-state index >= 15 is 0 Å². The Balaban J connectivity index is 2.71. The van der Waals surface area contributed by atoms with Gasteiger partial charge in [-0.15, -0.1) is 0 Å². The highest BCUT2D eigenvalue weighted by Gasteiger charge is 2.18. The maximum atomic E-state index is 12.3. The number of amidine groups is 1. The van der Waals surface area contributed by atoms with Crippen LogP contribution in [0.2, 0.25) is 5.02 Å². The number of oxime groups is 1. The number of nitrogens with zero attached hydrogens (tertiary/aromatic N) is 2. The summed E-state index contributed by atoms with van der Waals surface area (Å²) in [5.74, 6) is -0.109. The Morgan fingerprint density at radius 2 is 2.15 bits per heavy atom. The topological polar surface area (TPSA) is 78.9 Å². The average Bonchev–Trinajstić information content (AvgIpc) is 2.45. The van der Waals surface area contributed by atoms with Crippen molar-refractivity contribution < 1.29 is 10.0 Å². The molecule has 0 aliphatic heterocycles. The van der Waals surface area contributed by atoms with E-state index in [0.717, 1.165) is 5.56 Å². The molecule has 5 nitrogen and oxygen atoms in total. The third-order valence-corrected chi connectivity index (χ3v) is 3.52. The molecule has 0 spiro atoms. The van der Waals surface area contributed by atoms with Gasteiger partial charge in [0.2, 0.25) is 5.91 Å². The predicted molar refractivity (Wildman–Crippen MR) is 80.0 cm³/mol. The van der Waals surface area contributed by atoms with E-state index in [-0.39, 0.29) is 24.1 Å². The average molecular weight is 298 g/mol. The molecular weight excluding hydrogens is 278 g/mol. The molecule has 0 saturated carbocycles. The van der Waals surface area contributed by atoms with Crippen molar-refractivity contribution in [2.75, 3.05) is 13.1 Å². The summed E-state index contributed by atoms with van der Waals surface area (Å²) in [5.41, 5.74) is 6.34. The van der Waals surface area contributed by atoms with Crippen molar-refractivity contribution in [2.45, 2.75) is 20.3 Å². The molecule has 0 heterocycles. The first-order valence-corrected chi connectivity index (χ1v) is 6.86. The van der Waals surface area contributed by atoms with Crippen LogP contribution in [0.15, 0.2) is 29.4 Å². The number of rotatable bonds is 6. The van der Waals surface area contributed by atoms with Crippen LogP contribution in [0.5, 0.6) is 0 Å². The Hall–Kier alpha value is -1.75. The lowest BCUT2D eigenvalue weighted by atomic mass is 10.1. The Bertz CT molecular complexity index is 491. The summed E-state index contributed by atoms with van der Waals surface area (Å²) < 4.78 is 0. The second-order valence-corrected chi connectivity index (χ2v) is 5.03. The number of carbonyl (C=O) groups is 1. The highest BCUT2D eigenvalue weighted by Crippen LogP contribution is 2.16. The SMILES string of the molecule is CCN(CC(C)C(N)=NO)C(=O)Cc1ccccc1Cl. The van der Waals surface area contributed by atoms with E-state index in [0.29, 0.717) is 18.1 Å². The zero-order valence-electron chi connectivity index (χ0n) is 11.7. The molecule has 0 radical (unpaired) electrons. The number of carbonyl (C=O) groups excluding carboxylic acids is 1. The minimum Gasteiger partial charge on any atom is -0.409 e. The number of hydrogen-bond donors (Lipinski definition) is 2.